The van der Waals surface area contributed by atoms with E-state index >= 15 is 0 Å². The fourth-order valence-electron chi connectivity index (χ4n) is 2.83. The highest BCUT2D eigenvalue weighted by Gasteiger charge is 2.25. The molecule has 2 aromatic rings. The zero-order valence-electron chi connectivity index (χ0n) is 12.1. The van der Waals surface area contributed by atoms with Crippen molar-refractivity contribution in [3.05, 3.63) is 23.8 Å². The van der Waals surface area contributed by atoms with Crippen LogP contribution in [0.15, 0.2) is 12.5 Å². The SMILES string of the molecule is CCc1c(C(=O)N2CCC(CO)CC2)cnc2ncnn12. The number of likely N-dealkylation sites (tertiary alicyclic amines) is 1. The number of aromatic nitrogens is 4. The van der Waals surface area contributed by atoms with E-state index in [0.29, 0.717) is 36.8 Å². The van der Waals surface area contributed by atoms with Gasteiger partial charge < -0.3 is 10.0 Å². The Morgan fingerprint density at radius 2 is 2.14 bits per heavy atom. The number of amides is 1. The zero-order valence-corrected chi connectivity index (χ0v) is 12.1. The number of piperidine rings is 1. The van der Waals surface area contributed by atoms with Gasteiger partial charge in [0.05, 0.1) is 11.3 Å². The van der Waals surface area contributed by atoms with E-state index in [2.05, 4.69) is 15.1 Å². The number of fused-ring (bicyclic) bond motifs is 1. The van der Waals surface area contributed by atoms with E-state index in [1.165, 1.54) is 6.33 Å². The number of rotatable bonds is 3. The van der Waals surface area contributed by atoms with Crippen LogP contribution in [0.25, 0.3) is 5.78 Å². The topological polar surface area (TPSA) is 83.6 Å². The van der Waals surface area contributed by atoms with Crippen LogP contribution in [-0.2, 0) is 6.42 Å². The summed E-state index contributed by atoms with van der Waals surface area (Å²) in [6.07, 6.45) is 5.44. The van der Waals surface area contributed by atoms with E-state index in [4.69, 9.17) is 0 Å². The maximum absolute atomic E-state index is 12.7. The fraction of sp³-hybridized carbons (Fsp3) is 0.571. The summed E-state index contributed by atoms with van der Waals surface area (Å²) in [4.78, 5) is 22.8. The molecule has 1 aliphatic heterocycles. The van der Waals surface area contributed by atoms with Gasteiger partial charge >= 0.3 is 0 Å². The van der Waals surface area contributed by atoms with Gasteiger partial charge in [0.1, 0.15) is 6.33 Å². The highest BCUT2D eigenvalue weighted by molar-refractivity contribution is 5.95. The molecule has 0 saturated carbocycles. The average molecular weight is 289 g/mol. The van der Waals surface area contributed by atoms with Crippen LogP contribution in [0, 0.1) is 5.92 Å². The number of aryl methyl sites for hydroxylation is 1. The molecule has 21 heavy (non-hydrogen) atoms. The summed E-state index contributed by atoms with van der Waals surface area (Å²) in [5, 5.41) is 13.3. The Hall–Kier alpha value is -2.02. The van der Waals surface area contributed by atoms with E-state index in [1.54, 1.807) is 10.7 Å². The molecule has 1 aliphatic rings. The van der Waals surface area contributed by atoms with Gasteiger partial charge in [-0.05, 0) is 25.2 Å². The van der Waals surface area contributed by atoms with Gasteiger partial charge in [0.2, 0.25) is 0 Å². The molecule has 0 atom stereocenters. The fourth-order valence-corrected chi connectivity index (χ4v) is 2.83. The first-order valence-electron chi connectivity index (χ1n) is 7.32. The van der Waals surface area contributed by atoms with Crippen LogP contribution in [0.4, 0.5) is 0 Å². The minimum absolute atomic E-state index is 0.00635. The molecule has 0 aromatic carbocycles. The second-order valence-electron chi connectivity index (χ2n) is 5.36. The van der Waals surface area contributed by atoms with Crippen molar-refractivity contribution in [2.24, 2.45) is 5.92 Å². The Bertz CT molecular complexity index is 646. The molecule has 112 valence electrons. The van der Waals surface area contributed by atoms with Crippen molar-refractivity contribution in [1.29, 1.82) is 0 Å². The van der Waals surface area contributed by atoms with E-state index < -0.39 is 0 Å². The summed E-state index contributed by atoms with van der Waals surface area (Å²) in [6.45, 7) is 3.56. The van der Waals surface area contributed by atoms with Crippen LogP contribution < -0.4 is 0 Å². The summed E-state index contributed by atoms with van der Waals surface area (Å²) < 4.78 is 1.63. The molecule has 1 N–H and O–H groups in total. The molecule has 0 radical (unpaired) electrons. The van der Waals surface area contributed by atoms with Gasteiger partial charge in [-0.2, -0.15) is 10.1 Å². The largest absolute Gasteiger partial charge is 0.396 e. The van der Waals surface area contributed by atoms with Crippen LogP contribution >= 0.6 is 0 Å². The number of carbonyl (C=O) groups is 1. The van der Waals surface area contributed by atoms with Gasteiger partial charge in [0.25, 0.3) is 11.7 Å². The maximum Gasteiger partial charge on any atom is 0.257 e. The minimum atomic E-state index is -0.00635. The number of aliphatic hydroxyl groups excluding tert-OH is 1. The van der Waals surface area contributed by atoms with Crippen molar-refractivity contribution in [2.75, 3.05) is 19.7 Å². The van der Waals surface area contributed by atoms with Crippen LogP contribution in [-0.4, -0.2) is 55.2 Å². The van der Waals surface area contributed by atoms with Crippen molar-refractivity contribution in [3.63, 3.8) is 0 Å². The Kier molecular flexibility index (Phi) is 3.83. The van der Waals surface area contributed by atoms with Crippen molar-refractivity contribution >= 4 is 11.7 Å². The second kappa shape index (κ2) is 5.77. The Morgan fingerprint density at radius 3 is 2.81 bits per heavy atom. The van der Waals surface area contributed by atoms with Gasteiger partial charge in [0, 0.05) is 25.9 Å². The Morgan fingerprint density at radius 1 is 1.38 bits per heavy atom. The molecular weight excluding hydrogens is 270 g/mol. The molecule has 1 amide bonds. The normalized spacial score (nSPS) is 16.6. The van der Waals surface area contributed by atoms with Crippen molar-refractivity contribution in [2.45, 2.75) is 26.2 Å². The third-order valence-electron chi connectivity index (χ3n) is 4.13. The molecule has 1 fully saturated rings. The number of carbonyl (C=O) groups excluding carboxylic acids is 1. The number of hydrogen-bond donors (Lipinski definition) is 1. The Balaban J connectivity index is 1.88. The lowest BCUT2D eigenvalue weighted by Gasteiger charge is -2.31. The molecule has 0 unspecified atom stereocenters. The van der Waals surface area contributed by atoms with Gasteiger partial charge in [-0.1, -0.05) is 6.92 Å². The lowest BCUT2D eigenvalue weighted by Crippen LogP contribution is -2.39. The standard InChI is InChI=1S/C14H19N5O2/c1-2-12-11(7-15-14-16-9-17-19(12)14)13(21)18-5-3-10(8-20)4-6-18/h7,9-10,20H,2-6,8H2,1H3. The molecule has 7 heteroatoms. The zero-order chi connectivity index (χ0) is 14.8. The average Bonchev–Trinajstić information content (AvgIpc) is 3.02. The summed E-state index contributed by atoms with van der Waals surface area (Å²) in [6, 6.07) is 0. The summed E-state index contributed by atoms with van der Waals surface area (Å²) in [5.41, 5.74) is 1.43. The van der Waals surface area contributed by atoms with E-state index in [0.717, 1.165) is 18.5 Å². The van der Waals surface area contributed by atoms with Crippen LogP contribution in [0.1, 0.15) is 35.8 Å². The second-order valence-corrected chi connectivity index (χ2v) is 5.36. The smallest absolute Gasteiger partial charge is 0.257 e. The predicted octanol–water partition coefficient (Wildman–Crippen LogP) is 0.531. The van der Waals surface area contributed by atoms with E-state index in [1.807, 2.05) is 11.8 Å². The highest BCUT2D eigenvalue weighted by atomic mass is 16.3. The van der Waals surface area contributed by atoms with Crippen molar-refractivity contribution in [1.82, 2.24) is 24.5 Å². The van der Waals surface area contributed by atoms with E-state index in [9.17, 15) is 9.90 Å². The van der Waals surface area contributed by atoms with Crippen molar-refractivity contribution in [3.8, 4) is 0 Å². The summed E-state index contributed by atoms with van der Waals surface area (Å²) >= 11 is 0. The quantitative estimate of drug-likeness (QED) is 0.891. The molecular formula is C14H19N5O2. The first-order valence-corrected chi connectivity index (χ1v) is 7.32. The predicted molar refractivity (Wildman–Crippen MR) is 75.9 cm³/mol. The summed E-state index contributed by atoms with van der Waals surface area (Å²) in [5.74, 6) is 0.825. The van der Waals surface area contributed by atoms with Crippen molar-refractivity contribution < 1.29 is 9.90 Å². The third-order valence-corrected chi connectivity index (χ3v) is 4.13. The molecule has 3 rings (SSSR count). The molecule has 7 nitrogen and oxygen atoms in total. The lowest BCUT2D eigenvalue weighted by molar-refractivity contribution is 0.0648. The van der Waals surface area contributed by atoms with Crippen LogP contribution in [0.3, 0.4) is 0 Å². The third kappa shape index (κ3) is 2.49. The van der Waals surface area contributed by atoms with Gasteiger partial charge in [-0.25, -0.2) is 9.50 Å². The maximum atomic E-state index is 12.7. The lowest BCUT2D eigenvalue weighted by atomic mass is 9.97. The van der Waals surface area contributed by atoms with Gasteiger partial charge in [0.15, 0.2) is 0 Å². The molecule has 0 spiro atoms. The van der Waals surface area contributed by atoms with Crippen LogP contribution in [0.2, 0.25) is 0 Å². The first-order chi connectivity index (χ1) is 10.2. The summed E-state index contributed by atoms with van der Waals surface area (Å²) in [7, 11) is 0. The Labute approximate surface area is 122 Å². The first kappa shape index (κ1) is 13.9. The monoisotopic (exact) mass is 289 g/mol. The molecule has 3 heterocycles. The highest BCUT2D eigenvalue weighted by Crippen LogP contribution is 2.20. The van der Waals surface area contributed by atoms with Gasteiger partial charge in [-0.3, -0.25) is 4.79 Å². The van der Waals surface area contributed by atoms with Gasteiger partial charge in [-0.15, -0.1) is 0 Å². The number of nitrogens with zero attached hydrogens (tertiary/aromatic N) is 5. The number of hydrogen-bond acceptors (Lipinski definition) is 5. The number of aliphatic hydroxyl groups is 1. The van der Waals surface area contributed by atoms with Crippen LogP contribution in [0.5, 0.6) is 0 Å². The van der Waals surface area contributed by atoms with E-state index in [-0.39, 0.29) is 12.5 Å². The molecule has 2 aromatic heterocycles. The minimum Gasteiger partial charge on any atom is -0.396 e. The molecule has 1 saturated heterocycles. The molecule has 0 bridgehead atoms. The molecule has 0 aliphatic carbocycles.